The van der Waals surface area contributed by atoms with Gasteiger partial charge in [0.2, 0.25) is 0 Å². The number of rotatable bonds is 8. The highest BCUT2D eigenvalue weighted by molar-refractivity contribution is 7.76. The lowest BCUT2D eigenvalue weighted by Crippen LogP contribution is -2.43. The standard InChI is InChI=1S/C14H22N3O8P2/c1-10-12(11(18)7-15)3-4-13(10,25-24-12)26(20)14(19,27(21,22)23-2)8-17-6-5-16-9-17/h5-6,9,19-22H,1,3-4,7-8,15H2,2H3/q+1. The monoisotopic (exact) mass is 422 g/mol. The predicted molar refractivity (Wildman–Crippen MR) is 94.7 cm³/mol. The Morgan fingerprint density at radius 2 is 2.26 bits per heavy atom. The van der Waals surface area contributed by atoms with E-state index in [1.165, 1.54) is 23.3 Å². The van der Waals surface area contributed by atoms with Crippen molar-refractivity contribution in [2.24, 2.45) is 5.73 Å². The van der Waals surface area contributed by atoms with Gasteiger partial charge in [0.05, 0.1) is 20.0 Å². The summed E-state index contributed by atoms with van der Waals surface area (Å²) in [5.41, 5.74) is 4.02. The van der Waals surface area contributed by atoms with E-state index in [0.29, 0.717) is 0 Å². The van der Waals surface area contributed by atoms with Crippen LogP contribution in [0.2, 0.25) is 0 Å². The molecule has 2 aliphatic rings. The third-order valence-corrected chi connectivity index (χ3v) is 10.1. The number of aliphatic hydroxyl groups is 1. The van der Waals surface area contributed by atoms with Crippen molar-refractivity contribution in [1.29, 1.82) is 0 Å². The predicted octanol–water partition coefficient (Wildman–Crippen LogP) is -0.413. The maximum absolute atomic E-state index is 12.3. The zero-order valence-electron chi connectivity index (χ0n) is 14.6. The Morgan fingerprint density at radius 3 is 2.74 bits per heavy atom. The van der Waals surface area contributed by atoms with Crippen LogP contribution in [0.3, 0.4) is 0 Å². The molecule has 11 nitrogen and oxygen atoms in total. The van der Waals surface area contributed by atoms with Gasteiger partial charge in [0.15, 0.2) is 24.9 Å². The first-order chi connectivity index (χ1) is 12.6. The number of hydrogen-bond acceptors (Lipinski definition) is 10. The lowest BCUT2D eigenvalue weighted by Gasteiger charge is -2.39. The molecule has 0 amide bonds. The number of aromatic nitrogens is 2. The molecule has 13 heteroatoms. The fourth-order valence-electron chi connectivity index (χ4n) is 3.42. The van der Waals surface area contributed by atoms with E-state index in [1.54, 1.807) is 0 Å². The van der Waals surface area contributed by atoms with Gasteiger partial charge in [0, 0.05) is 18.0 Å². The maximum atomic E-state index is 12.3. The molecular formula is C14H22N3O8P2+. The number of Topliss-reactive ketones (excluding diaryl/α,β-unsaturated/α-hetero) is 1. The first kappa shape index (κ1) is 20.9. The fourth-order valence-corrected chi connectivity index (χ4v) is 7.52. The van der Waals surface area contributed by atoms with Crippen molar-refractivity contribution in [2.45, 2.75) is 35.4 Å². The molecule has 6 N–H and O–H groups in total. The normalized spacial score (nSPS) is 31.1. The van der Waals surface area contributed by atoms with Crippen molar-refractivity contribution in [3.05, 3.63) is 30.9 Å². The van der Waals surface area contributed by atoms with E-state index in [4.69, 9.17) is 20.0 Å². The number of carbonyl (C=O) groups excluding carboxylic acids is 1. The number of nitrogens with two attached hydrogens (primary N) is 1. The average molecular weight is 422 g/mol. The van der Waals surface area contributed by atoms with Crippen LogP contribution in [0.1, 0.15) is 12.8 Å². The van der Waals surface area contributed by atoms with Gasteiger partial charge in [-0.15, -0.1) is 0 Å². The lowest BCUT2D eigenvalue weighted by atomic mass is 9.93. The summed E-state index contributed by atoms with van der Waals surface area (Å²) >= 11 is 0. The van der Waals surface area contributed by atoms with Crippen LogP contribution in [0.25, 0.3) is 0 Å². The molecule has 2 bridgehead atoms. The first-order valence-corrected chi connectivity index (χ1v) is 10.9. The average Bonchev–Trinajstić information content (AvgIpc) is 3.35. The molecule has 1 aromatic heterocycles. The van der Waals surface area contributed by atoms with Crippen molar-refractivity contribution < 1.29 is 38.9 Å². The summed E-state index contributed by atoms with van der Waals surface area (Å²) in [6.45, 7) is 3.07. The van der Waals surface area contributed by atoms with Crippen LogP contribution in [-0.4, -0.2) is 64.8 Å². The maximum Gasteiger partial charge on any atom is 0.449 e. The molecule has 4 unspecified atom stereocenters. The van der Waals surface area contributed by atoms with Crippen molar-refractivity contribution >= 4 is 21.9 Å². The zero-order chi connectivity index (χ0) is 20.1. The van der Waals surface area contributed by atoms with Gasteiger partial charge in [0.1, 0.15) is 6.54 Å². The Labute approximate surface area is 156 Å². The molecule has 1 saturated carbocycles. The quantitative estimate of drug-likeness (QED) is 0.211. The SMILES string of the molecule is C=C1C2(C(=O)CN)CCC1(P(O)C(O)(Cn1ccnc1)[P+](O)(O)OC)OO2. The highest BCUT2D eigenvalue weighted by Gasteiger charge is 2.77. The minimum Gasteiger partial charge on any atom is -0.365 e. The molecule has 3 rings (SSSR count). The van der Waals surface area contributed by atoms with Crippen LogP contribution >= 0.6 is 16.1 Å². The van der Waals surface area contributed by atoms with Crippen LogP contribution in [-0.2, 0) is 25.6 Å². The minimum absolute atomic E-state index is 0.0791. The smallest absolute Gasteiger partial charge is 0.365 e. The van der Waals surface area contributed by atoms with Gasteiger partial charge in [-0.1, -0.05) is 6.58 Å². The first-order valence-electron chi connectivity index (χ1n) is 7.97. The van der Waals surface area contributed by atoms with Crippen molar-refractivity contribution in [2.75, 3.05) is 13.7 Å². The second-order valence-electron chi connectivity index (χ2n) is 6.43. The summed E-state index contributed by atoms with van der Waals surface area (Å²) in [5.74, 6) is -0.478. The zero-order valence-corrected chi connectivity index (χ0v) is 16.3. The van der Waals surface area contributed by atoms with E-state index >= 15 is 0 Å². The van der Waals surface area contributed by atoms with E-state index in [2.05, 4.69) is 11.6 Å². The van der Waals surface area contributed by atoms with Crippen LogP contribution in [0.4, 0.5) is 0 Å². The Bertz CT molecular complexity index is 735. The summed E-state index contributed by atoms with van der Waals surface area (Å²) in [6, 6.07) is 0. The molecule has 1 aromatic rings. The molecule has 4 atom stereocenters. The molecule has 1 aliphatic heterocycles. The number of carbonyl (C=O) groups is 1. The van der Waals surface area contributed by atoms with Gasteiger partial charge in [-0.3, -0.25) is 4.79 Å². The van der Waals surface area contributed by atoms with E-state index in [1.807, 2.05) is 0 Å². The number of fused-ring (bicyclic) bond motifs is 2. The van der Waals surface area contributed by atoms with Gasteiger partial charge >= 0.3 is 13.0 Å². The summed E-state index contributed by atoms with van der Waals surface area (Å²) in [6.07, 6.45) is 4.44. The summed E-state index contributed by atoms with van der Waals surface area (Å²) in [7, 11) is -6.28. The number of ketones is 1. The van der Waals surface area contributed by atoms with E-state index in [-0.39, 0.29) is 25.0 Å². The molecule has 0 aromatic carbocycles. The van der Waals surface area contributed by atoms with Crippen molar-refractivity contribution in [1.82, 2.24) is 9.55 Å². The second-order valence-corrected chi connectivity index (χ2v) is 11.1. The highest BCUT2D eigenvalue weighted by Crippen LogP contribution is 2.80. The van der Waals surface area contributed by atoms with E-state index < -0.39 is 44.4 Å². The van der Waals surface area contributed by atoms with Crippen LogP contribution < -0.4 is 5.73 Å². The number of hydrogen-bond donors (Lipinski definition) is 5. The molecule has 2 heterocycles. The minimum atomic E-state index is -4.51. The third-order valence-electron chi connectivity index (χ3n) is 5.09. The lowest BCUT2D eigenvalue weighted by molar-refractivity contribution is -0.347. The molecule has 1 saturated heterocycles. The van der Waals surface area contributed by atoms with Gasteiger partial charge in [-0.05, 0) is 12.8 Å². The number of nitrogens with zero attached hydrogens (tertiary/aromatic N) is 2. The second kappa shape index (κ2) is 6.89. The van der Waals surface area contributed by atoms with Gasteiger partial charge in [-0.25, -0.2) is 14.8 Å². The Morgan fingerprint density at radius 1 is 1.56 bits per heavy atom. The Hall–Kier alpha value is -0.840. The summed E-state index contributed by atoms with van der Waals surface area (Å²) < 4.78 is 6.10. The van der Waals surface area contributed by atoms with E-state index in [0.717, 1.165) is 7.11 Å². The van der Waals surface area contributed by atoms with Gasteiger partial charge < -0.3 is 20.3 Å². The van der Waals surface area contributed by atoms with E-state index in [9.17, 15) is 24.6 Å². The summed E-state index contributed by atoms with van der Waals surface area (Å²) in [5, 5.41) is 7.01. The van der Waals surface area contributed by atoms with Gasteiger partial charge in [0.25, 0.3) is 0 Å². The number of imidazole rings is 1. The van der Waals surface area contributed by atoms with Crippen LogP contribution in [0.5, 0.6) is 0 Å². The molecule has 2 fully saturated rings. The molecule has 1 aliphatic carbocycles. The summed E-state index contributed by atoms with van der Waals surface area (Å²) in [4.78, 5) is 58.6. The van der Waals surface area contributed by atoms with Gasteiger partial charge in [-0.2, -0.15) is 14.3 Å². The molecule has 150 valence electrons. The van der Waals surface area contributed by atoms with Crippen LogP contribution in [0, 0.1) is 0 Å². The molecule has 27 heavy (non-hydrogen) atoms. The molecular weight excluding hydrogens is 400 g/mol. The molecule has 0 radical (unpaired) electrons. The third kappa shape index (κ3) is 2.82. The topological polar surface area (TPSA) is 170 Å². The Kier molecular flexibility index (Phi) is 5.33. The highest BCUT2D eigenvalue weighted by atomic mass is 31.3. The van der Waals surface area contributed by atoms with Crippen LogP contribution in [0.15, 0.2) is 30.9 Å². The fraction of sp³-hybridized carbons (Fsp3) is 0.571. The van der Waals surface area contributed by atoms with Crippen molar-refractivity contribution in [3.8, 4) is 0 Å². The largest absolute Gasteiger partial charge is 0.449 e. The molecule has 0 spiro atoms. The Balaban J connectivity index is 2.02. The van der Waals surface area contributed by atoms with Crippen molar-refractivity contribution in [3.63, 3.8) is 0 Å².